The van der Waals surface area contributed by atoms with Gasteiger partial charge in [-0.2, -0.15) is 0 Å². The average molecular weight is 415 g/mol. The van der Waals surface area contributed by atoms with Crippen molar-refractivity contribution < 1.29 is 5.11 Å². The third-order valence-electron chi connectivity index (χ3n) is 12.1. The van der Waals surface area contributed by atoms with Crippen LogP contribution in [0.5, 0.6) is 0 Å². The quantitative estimate of drug-likeness (QED) is 0.657. The first-order valence-corrected chi connectivity index (χ1v) is 12.6. The Morgan fingerprint density at radius 3 is 2.33 bits per heavy atom. The van der Waals surface area contributed by atoms with E-state index in [4.69, 9.17) is 0 Å². The van der Waals surface area contributed by atoms with Gasteiger partial charge in [-0.15, -0.1) is 0 Å². The van der Waals surface area contributed by atoms with Crippen molar-refractivity contribution in [1.82, 2.24) is 10.2 Å². The topological polar surface area (TPSA) is 35.5 Å². The number of rotatable bonds is 3. The van der Waals surface area contributed by atoms with Gasteiger partial charge in [0, 0.05) is 18.0 Å². The van der Waals surface area contributed by atoms with Crippen LogP contribution in [0.1, 0.15) is 73.1 Å². The summed E-state index contributed by atoms with van der Waals surface area (Å²) in [5, 5.41) is 14.7. The van der Waals surface area contributed by atoms with E-state index in [-0.39, 0.29) is 16.9 Å². The molecule has 0 saturated heterocycles. The van der Waals surface area contributed by atoms with E-state index in [1.165, 1.54) is 32.1 Å². The predicted octanol–water partition coefficient (Wildman–Crippen LogP) is 4.71. The highest BCUT2D eigenvalue weighted by Gasteiger charge is 2.81. The van der Waals surface area contributed by atoms with Crippen LogP contribution in [0, 0.1) is 44.8 Å². The zero-order valence-corrected chi connectivity index (χ0v) is 20.8. The normalized spacial score (nSPS) is 56.7. The van der Waals surface area contributed by atoms with Gasteiger partial charge in [0.25, 0.3) is 0 Å². The number of hydrogen-bond donors (Lipinski definition) is 2. The van der Waals surface area contributed by atoms with Crippen LogP contribution < -0.4 is 5.32 Å². The lowest BCUT2D eigenvalue weighted by Crippen LogP contribution is -2.58. The van der Waals surface area contributed by atoms with E-state index in [1.54, 1.807) is 0 Å². The number of aliphatic hydroxyl groups is 1. The fourth-order valence-electron chi connectivity index (χ4n) is 10.7. The minimum atomic E-state index is -0.199. The molecule has 5 aliphatic carbocycles. The Kier molecular flexibility index (Phi) is 4.39. The van der Waals surface area contributed by atoms with Crippen molar-refractivity contribution in [3.63, 3.8) is 0 Å². The van der Waals surface area contributed by atoms with Crippen LogP contribution in [-0.4, -0.2) is 49.3 Å². The minimum Gasteiger partial charge on any atom is -0.393 e. The highest BCUT2D eigenvalue weighted by atomic mass is 16.3. The highest BCUT2D eigenvalue weighted by molar-refractivity contribution is 5.39. The molecule has 0 aliphatic heterocycles. The zero-order valence-electron chi connectivity index (χ0n) is 20.8. The summed E-state index contributed by atoms with van der Waals surface area (Å²) >= 11 is 0. The molecular formula is C27H46N2O. The van der Waals surface area contributed by atoms with Gasteiger partial charge in [-0.3, -0.25) is 0 Å². The SMILES string of the molecule is CNC(C)C1C(O)CC2(C)C3CCC4C(C)(C)C(N(C)C)CCC45CC35C=CC12C. The molecule has 5 aliphatic rings. The van der Waals surface area contributed by atoms with Crippen LogP contribution in [0.3, 0.4) is 0 Å². The van der Waals surface area contributed by atoms with E-state index in [9.17, 15) is 5.11 Å². The zero-order chi connectivity index (χ0) is 21.9. The lowest BCUT2D eigenvalue weighted by atomic mass is 9.44. The molecule has 0 radical (unpaired) electrons. The van der Waals surface area contributed by atoms with Crippen LogP contribution in [0.4, 0.5) is 0 Å². The molecule has 10 unspecified atom stereocenters. The average Bonchev–Trinajstić information content (AvgIpc) is 3.26. The van der Waals surface area contributed by atoms with Crippen LogP contribution in [0.15, 0.2) is 12.2 Å². The second kappa shape index (κ2) is 6.14. The molecule has 2 N–H and O–H groups in total. The molecule has 0 aromatic heterocycles. The molecular weight excluding hydrogens is 368 g/mol. The van der Waals surface area contributed by atoms with E-state index in [0.29, 0.717) is 34.2 Å². The molecule has 0 aromatic rings. The van der Waals surface area contributed by atoms with Gasteiger partial charge in [-0.05, 0) is 106 Å². The second-order valence-corrected chi connectivity index (χ2v) is 13.3. The van der Waals surface area contributed by atoms with Crippen molar-refractivity contribution in [2.75, 3.05) is 21.1 Å². The number of hydrogen-bond acceptors (Lipinski definition) is 3. The third kappa shape index (κ3) is 2.19. The lowest BCUT2D eigenvalue weighted by molar-refractivity contribution is -0.103. The molecule has 4 fully saturated rings. The van der Waals surface area contributed by atoms with E-state index >= 15 is 0 Å². The van der Waals surface area contributed by atoms with Gasteiger partial charge in [0.2, 0.25) is 0 Å². The molecule has 30 heavy (non-hydrogen) atoms. The summed E-state index contributed by atoms with van der Waals surface area (Å²) in [6.07, 6.45) is 13.0. The molecule has 0 aromatic carbocycles. The molecule has 3 nitrogen and oxygen atoms in total. The Morgan fingerprint density at radius 1 is 1.03 bits per heavy atom. The lowest BCUT2D eigenvalue weighted by Gasteiger charge is -2.62. The maximum atomic E-state index is 11.3. The maximum absolute atomic E-state index is 11.3. The Hall–Kier alpha value is -0.380. The van der Waals surface area contributed by atoms with Crippen LogP contribution in [0.25, 0.3) is 0 Å². The molecule has 5 rings (SSSR count). The van der Waals surface area contributed by atoms with Crippen LogP contribution in [-0.2, 0) is 0 Å². The summed E-state index contributed by atoms with van der Waals surface area (Å²) in [5.74, 6) is 1.86. The smallest absolute Gasteiger partial charge is 0.0597 e. The van der Waals surface area contributed by atoms with Gasteiger partial charge in [0.15, 0.2) is 0 Å². The fraction of sp³-hybridized carbons (Fsp3) is 0.926. The molecule has 4 saturated carbocycles. The van der Waals surface area contributed by atoms with Crippen molar-refractivity contribution in [3.8, 4) is 0 Å². The standard InChI is InChI=1S/C27H46N2O/c1-17(28-6)22-18(30)15-25(5)20-10-9-19-23(2,3)21(29(7)8)11-12-26(19)16-27(20,26)14-13-24(22,25)4/h13-14,17-22,28,30H,9-12,15-16H2,1-8H3. The number of fused-ring (bicyclic) bond motifs is 2. The molecule has 2 spiro atoms. The Bertz CT molecular complexity index is 760. The van der Waals surface area contributed by atoms with Gasteiger partial charge in [-0.1, -0.05) is 39.8 Å². The van der Waals surface area contributed by atoms with Crippen molar-refractivity contribution in [1.29, 1.82) is 0 Å². The summed E-state index contributed by atoms with van der Waals surface area (Å²) in [5.41, 5.74) is 1.58. The number of aliphatic hydroxyl groups excluding tert-OH is 1. The molecule has 3 heteroatoms. The summed E-state index contributed by atoms with van der Waals surface area (Å²) < 4.78 is 0. The molecule has 10 atom stereocenters. The summed E-state index contributed by atoms with van der Waals surface area (Å²) in [4.78, 5) is 2.50. The van der Waals surface area contributed by atoms with E-state index in [0.717, 1.165) is 18.3 Å². The highest BCUT2D eigenvalue weighted by Crippen LogP contribution is 2.87. The van der Waals surface area contributed by atoms with Crippen LogP contribution in [0.2, 0.25) is 0 Å². The van der Waals surface area contributed by atoms with Gasteiger partial charge < -0.3 is 15.3 Å². The predicted molar refractivity (Wildman–Crippen MR) is 124 cm³/mol. The van der Waals surface area contributed by atoms with Crippen LogP contribution >= 0.6 is 0 Å². The number of nitrogens with zero attached hydrogens (tertiary/aromatic N) is 1. The molecule has 0 bridgehead atoms. The van der Waals surface area contributed by atoms with Gasteiger partial charge in [-0.25, -0.2) is 0 Å². The van der Waals surface area contributed by atoms with E-state index < -0.39 is 0 Å². The Balaban J connectivity index is 1.56. The van der Waals surface area contributed by atoms with Crippen molar-refractivity contribution in [2.24, 2.45) is 44.8 Å². The van der Waals surface area contributed by atoms with Crippen molar-refractivity contribution >= 4 is 0 Å². The first-order chi connectivity index (χ1) is 13.9. The largest absolute Gasteiger partial charge is 0.393 e. The van der Waals surface area contributed by atoms with Gasteiger partial charge in [0.05, 0.1) is 6.10 Å². The van der Waals surface area contributed by atoms with Crippen molar-refractivity contribution in [3.05, 3.63) is 12.2 Å². The first kappa shape index (κ1) is 21.5. The van der Waals surface area contributed by atoms with Gasteiger partial charge in [0.1, 0.15) is 0 Å². The fourth-order valence-corrected chi connectivity index (χ4v) is 10.7. The second-order valence-electron chi connectivity index (χ2n) is 13.3. The monoisotopic (exact) mass is 414 g/mol. The summed E-state index contributed by atoms with van der Waals surface area (Å²) in [7, 11) is 6.63. The van der Waals surface area contributed by atoms with Gasteiger partial charge >= 0.3 is 0 Å². The molecule has 0 heterocycles. The van der Waals surface area contributed by atoms with E-state index in [1.807, 2.05) is 0 Å². The van der Waals surface area contributed by atoms with Crippen molar-refractivity contribution in [2.45, 2.75) is 91.3 Å². The molecule has 0 amide bonds. The first-order valence-electron chi connectivity index (χ1n) is 12.6. The number of nitrogens with one attached hydrogen (secondary N) is 1. The Labute approximate surface area is 185 Å². The third-order valence-corrected chi connectivity index (χ3v) is 12.1. The molecule has 170 valence electrons. The number of allylic oxidation sites excluding steroid dienone is 2. The summed E-state index contributed by atoms with van der Waals surface area (Å²) in [6.45, 7) is 12.4. The maximum Gasteiger partial charge on any atom is 0.0597 e. The van der Waals surface area contributed by atoms with E-state index in [2.05, 4.69) is 78.1 Å². The summed E-state index contributed by atoms with van der Waals surface area (Å²) in [6, 6.07) is 1.04. The Morgan fingerprint density at radius 2 is 1.70 bits per heavy atom. The minimum absolute atomic E-state index is 0.0811.